The van der Waals surface area contributed by atoms with Crippen LogP contribution in [0.2, 0.25) is 0 Å². The fourth-order valence-corrected chi connectivity index (χ4v) is 4.12. The molecule has 0 aliphatic rings. The molecule has 0 aliphatic heterocycles. The molecule has 0 atom stereocenters. The maximum atomic E-state index is 12.3. The number of hydrogen-bond acceptors (Lipinski definition) is 3. The number of rotatable bonds is 4. The fraction of sp³-hybridized carbons (Fsp3) is 0.154. The molecule has 20 heavy (non-hydrogen) atoms. The van der Waals surface area contributed by atoms with Crippen molar-refractivity contribution in [2.75, 3.05) is 0 Å². The predicted octanol–water partition coefficient (Wildman–Crippen LogP) is 3.39. The third kappa shape index (κ3) is 3.66. The molecular weight excluding hydrogens is 408 g/mol. The van der Waals surface area contributed by atoms with Crippen LogP contribution in [0.25, 0.3) is 0 Å². The van der Waals surface area contributed by atoms with Gasteiger partial charge < -0.3 is 0 Å². The number of pyridine rings is 1. The third-order valence-electron chi connectivity index (χ3n) is 2.73. The van der Waals surface area contributed by atoms with Gasteiger partial charge in [-0.05, 0) is 52.7 Å². The zero-order valence-corrected chi connectivity index (χ0v) is 14.6. The molecule has 4 nitrogen and oxygen atoms in total. The van der Waals surface area contributed by atoms with Crippen molar-refractivity contribution < 1.29 is 8.42 Å². The van der Waals surface area contributed by atoms with E-state index in [1.54, 1.807) is 24.4 Å². The minimum absolute atomic E-state index is 0.161. The van der Waals surface area contributed by atoms with Crippen LogP contribution < -0.4 is 4.72 Å². The molecule has 0 aliphatic carbocycles. The van der Waals surface area contributed by atoms with Gasteiger partial charge in [-0.3, -0.25) is 4.98 Å². The van der Waals surface area contributed by atoms with Gasteiger partial charge in [-0.1, -0.05) is 22.0 Å². The molecule has 1 N–H and O–H groups in total. The molecule has 2 rings (SSSR count). The van der Waals surface area contributed by atoms with E-state index in [1.165, 1.54) is 0 Å². The van der Waals surface area contributed by atoms with E-state index in [0.717, 1.165) is 5.56 Å². The van der Waals surface area contributed by atoms with Gasteiger partial charge >= 0.3 is 0 Å². The van der Waals surface area contributed by atoms with Crippen molar-refractivity contribution in [3.63, 3.8) is 0 Å². The average molecular weight is 420 g/mol. The Balaban J connectivity index is 2.24. The molecular formula is C13H12Br2N2O2S. The van der Waals surface area contributed by atoms with Gasteiger partial charge in [-0.15, -0.1) is 0 Å². The second kappa shape index (κ2) is 6.34. The highest BCUT2D eigenvalue weighted by Gasteiger charge is 2.18. The minimum atomic E-state index is -3.60. The average Bonchev–Trinajstić information content (AvgIpc) is 2.40. The Morgan fingerprint density at radius 3 is 2.70 bits per heavy atom. The Morgan fingerprint density at radius 1 is 1.25 bits per heavy atom. The molecule has 0 radical (unpaired) electrons. The van der Waals surface area contributed by atoms with Gasteiger partial charge in [-0.2, -0.15) is 0 Å². The Kier molecular flexibility index (Phi) is 4.95. The Labute approximate surface area is 134 Å². The summed E-state index contributed by atoms with van der Waals surface area (Å²) in [5.74, 6) is 0. The normalized spacial score (nSPS) is 11.6. The number of aryl methyl sites for hydroxylation is 1. The van der Waals surface area contributed by atoms with Crippen LogP contribution in [0.15, 0.2) is 50.4 Å². The van der Waals surface area contributed by atoms with Crippen molar-refractivity contribution >= 4 is 41.9 Å². The molecule has 1 aromatic heterocycles. The highest BCUT2D eigenvalue weighted by molar-refractivity contribution is 9.11. The van der Waals surface area contributed by atoms with E-state index in [0.29, 0.717) is 14.6 Å². The number of benzene rings is 1. The molecule has 0 amide bonds. The summed E-state index contributed by atoms with van der Waals surface area (Å²) < 4.78 is 28.4. The van der Waals surface area contributed by atoms with Gasteiger partial charge in [0, 0.05) is 15.1 Å². The van der Waals surface area contributed by atoms with Gasteiger partial charge in [0.05, 0.1) is 17.1 Å². The van der Waals surface area contributed by atoms with E-state index in [9.17, 15) is 8.42 Å². The zero-order chi connectivity index (χ0) is 14.8. The quantitative estimate of drug-likeness (QED) is 0.826. The van der Waals surface area contributed by atoms with Crippen LogP contribution in [0, 0.1) is 6.92 Å². The zero-order valence-electron chi connectivity index (χ0n) is 10.6. The minimum Gasteiger partial charge on any atom is -0.260 e. The monoisotopic (exact) mass is 418 g/mol. The van der Waals surface area contributed by atoms with Gasteiger partial charge in [0.2, 0.25) is 10.0 Å². The summed E-state index contributed by atoms with van der Waals surface area (Å²) in [5, 5.41) is 0. The topological polar surface area (TPSA) is 59.1 Å². The second-order valence-corrected chi connectivity index (χ2v) is 7.67. The summed E-state index contributed by atoms with van der Waals surface area (Å²) >= 11 is 6.52. The first-order chi connectivity index (χ1) is 9.40. The van der Waals surface area contributed by atoms with Gasteiger partial charge in [0.15, 0.2) is 0 Å². The standard InChI is InChI=1S/C13H12Br2N2O2S/c1-9-3-2-6-16-12(9)8-17-20(18,19)13-7-10(14)4-5-11(13)15/h2-7,17H,8H2,1H3. The molecule has 0 saturated heterocycles. The van der Waals surface area contributed by atoms with Gasteiger partial charge in [0.25, 0.3) is 0 Å². The molecule has 1 heterocycles. The summed E-state index contributed by atoms with van der Waals surface area (Å²) in [6.45, 7) is 2.06. The first-order valence-electron chi connectivity index (χ1n) is 5.75. The van der Waals surface area contributed by atoms with Crippen molar-refractivity contribution in [1.82, 2.24) is 9.71 Å². The lowest BCUT2D eigenvalue weighted by Crippen LogP contribution is -2.24. The molecule has 2 aromatic rings. The van der Waals surface area contributed by atoms with Gasteiger partial charge in [-0.25, -0.2) is 13.1 Å². The highest BCUT2D eigenvalue weighted by atomic mass is 79.9. The molecule has 106 valence electrons. The number of nitrogens with zero attached hydrogens (tertiary/aromatic N) is 1. The predicted molar refractivity (Wildman–Crippen MR) is 84.8 cm³/mol. The SMILES string of the molecule is Cc1cccnc1CNS(=O)(=O)c1cc(Br)ccc1Br. The molecule has 1 aromatic carbocycles. The number of halogens is 2. The van der Waals surface area contributed by atoms with Crippen molar-refractivity contribution in [3.8, 4) is 0 Å². The molecule has 0 bridgehead atoms. The maximum absolute atomic E-state index is 12.3. The third-order valence-corrected chi connectivity index (χ3v) is 5.62. The summed E-state index contributed by atoms with van der Waals surface area (Å²) in [7, 11) is -3.60. The number of sulfonamides is 1. The van der Waals surface area contributed by atoms with Crippen LogP contribution in [-0.2, 0) is 16.6 Å². The van der Waals surface area contributed by atoms with E-state index >= 15 is 0 Å². The van der Waals surface area contributed by atoms with E-state index < -0.39 is 10.0 Å². The highest BCUT2D eigenvalue weighted by Crippen LogP contribution is 2.25. The first-order valence-corrected chi connectivity index (χ1v) is 8.82. The molecule has 0 fully saturated rings. The van der Waals surface area contributed by atoms with Crippen molar-refractivity contribution in [2.24, 2.45) is 0 Å². The first kappa shape index (κ1) is 15.6. The number of aromatic nitrogens is 1. The van der Waals surface area contributed by atoms with E-state index in [2.05, 4.69) is 41.6 Å². The smallest absolute Gasteiger partial charge is 0.242 e. The van der Waals surface area contributed by atoms with Gasteiger partial charge in [0.1, 0.15) is 0 Å². The number of hydrogen-bond donors (Lipinski definition) is 1. The van der Waals surface area contributed by atoms with E-state index in [-0.39, 0.29) is 11.4 Å². The van der Waals surface area contributed by atoms with Crippen LogP contribution in [0.1, 0.15) is 11.3 Å². The molecule has 7 heteroatoms. The summed E-state index contributed by atoms with van der Waals surface area (Å²) in [6.07, 6.45) is 1.64. The van der Waals surface area contributed by atoms with Crippen molar-refractivity contribution in [1.29, 1.82) is 0 Å². The fourth-order valence-electron chi connectivity index (χ4n) is 1.63. The molecule has 0 saturated carbocycles. The summed E-state index contributed by atoms with van der Waals surface area (Å²) in [5.41, 5.74) is 1.66. The lowest BCUT2D eigenvalue weighted by atomic mass is 10.2. The summed E-state index contributed by atoms with van der Waals surface area (Å²) in [6, 6.07) is 8.72. The van der Waals surface area contributed by atoms with Crippen LogP contribution in [0.5, 0.6) is 0 Å². The van der Waals surface area contributed by atoms with Crippen LogP contribution in [-0.4, -0.2) is 13.4 Å². The Morgan fingerprint density at radius 2 is 2.00 bits per heavy atom. The van der Waals surface area contributed by atoms with Crippen LogP contribution in [0.4, 0.5) is 0 Å². The Hall–Kier alpha value is -0.760. The van der Waals surface area contributed by atoms with Crippen molar-refractivity contribution in [3.05, 3.63) is 56.7 Å². The van der Waals surface area contributed by atoms with Crippen LogP contribution in [0.3, 0.4) is 0 Å². The summed E-state index contributed by atoms with van der Waals surface area (Å²) in [4.78, 5) is 4.36. The van der Waals surface area contributed by atoms with E-state index in [4.69, 9.17) is 0 Å². The largest absolute Gasteiger partial charge is 0.260 e. The van der Waals surface area contributed by atoms with E-state index in [1.807, 2.05) is 19.1 Å². The Bertz CT molecular complexity index is 733. The van der Waals surface area contributed by atoms with Crippen molar-refractivity contribution in [2.45, 2.75) is 18.4 Å². The maximum Gasteiger partial charge on any atom is 0.242 e. The lowest BCUT2D eigenvalue weighted by Gasteiger charge is -2.10. The van der Waals surface area contributed by atoms with Crippen LogP contribution >= 0.6 is 31.9 Å². The number of nitrogens with one attached hydrogen (secondary N) is 1. The second-order valence-electron chi connectivity index (χ2n) is 4.17. The lowest BCUT2D eigenvalue weighted by molar-refractivity contribution is 0.579. The molecule has 0 unspecified atom stereocenters. The molecule has 0 spiro atoms.